The van der Waals surface area contributed by atoms with Crippen LogP contribution in [0.4, 0.5) is 0 Å². The number of aliphatic hydroxyl groups excluding tert-OH is 1. The van der Waals surface area contributed by atoms with Crippen molar-refractivity contribution in [1.82, 2.24) is 10.2 Å². The zero-order valence-electron chi connectivity index (χ0n) is 26.7. The highest BCUT2D eigenvalue weighted by Crippen LogP contribution is 2.42. The van der Waals surface area contributed by atoms with Crippen LogP contribution in [-0.4, -0.2) is 60.4 Å². The van der Waals surface area contributed by atoms with Gasteiger partial charge in [-0.25, -0.2) is 0 Å². The summed E-state index contributed by atoms with van der Waals surface area (Å²) in [6, 6.07) is 19.9. The molecule has 3 N–H and O–H groups in total. The molecule has 0 saturated carbocycles. The summed E-state index contributed by atoms with van der Waals surface area (Å²) in [6.07, 6.45) is 0.441. The number of rotatable bonds is 13. The minimum atomic E-state index is -0.903. The maximum Gasteiger partial charge on any atom is 0.303 e. The number of carboxylic acid groups (broad SMARTS) is 1. The van der Waals surface area contributed by atoms with Crippen molar-refractivity contribution in [2.45, 2.75) is 70.8 Å². The van der Waals surface area contributed by atoms with Gasteiger partial charge in [0.2, 0.25) is 5.91 Å². The molecule has 3 aromatic rings. The normalized spacial score (nSPS) is 21.3. The second-order valence-electron chi connectivity index (χ2n) is 12.0. The number of aliphatic carboxylic acids is 1. The maximum absolute atomic E-state index is 12.1. The molecule has 0 aliphatic carbocycles. The second kappa shape index (κ2) is 15.6. The molecule has 0 bridgehead atoms. The predicted molar refractivity (Wildman–Crippen MR) is 171 cm³/mol. The molecule has 1 amide bonds. The first-order chi connectivity index (χ1) is 22.3. The van der Waals surface area contributed by atoms with Crippen LogP contribution in [0.1, 0.15) is 72.0 Å². The summed E-state index contributed by atoms with van der Waals surface area (Å²) in [5.41, 5.74) is 6.18. The van der Waals surface area contributed by atoms with Crippen LogP contribution in [0, 0.1) is 5.92 Å². The first kappa shape index (κ1) is 33.4. The molecule has 2 heterocycles. The summed E-state index contributed by atoms with van der Waals surface area (Å²) in [5.74, 6) is 0.455. The van der Waals surface area contributed by atoms with Gasteiger partial charge in [0.05, 0.1) is 33.0 Å². The molecule has 0 unspecified atom stereocenters. The van der Waals surface area contributed by atoms with Gasteiger partial charge in [-0.05, 0) is 52.8 Å². The van der Waals surface area contributed by atoms with E-state index in [0.29, 0.717) is 13.0 Å². The number of ether oxygens (including phenoxy) is 4. The topological polar surface area (TPSA) is 127 Å². The molecule has 246 valence electrons. The molecule has 0 aromatic heterocycles. The number of amides is 1. The molecule has 1 saturated heterocycles. The van der Waals surface area contributed by atoms with E-state index in [9.17, 15) is 14.7 Å². The van der Waals surface area contributed by atoms with Crippen molar-refractivity contribution < 1.29 is 38.7 Å². The van der Waals surface area contributed by atoms with E-state index in [2.05, 4.69) is 29.3 Å². The number of benzene rings is 3. The zero-order chi connectivity index (χ0) is 32.6. The predicted octanol–water partition coefficient (Wildman–Crippen LogP) is 4.92. The Morgan fingerprint density at radius 1 is 0.913 bits per heavy atom. The highest BCUT2D eigenvalue weighted by molar-refractivity contribution is 5.76. The molecule has 2 aliphatic heterocycles. The van der Waals surface area contributed by atoms with Gasteiger partial charge < -0.3 is 34.5 Å². The fourth-order valence-corrected chi connectivity index (χ4v) is 6.16. The Bertz CT molecular complexity index is 1480. The summed E-state index contributed by atoms with van der Waals surface area (Å²) in [7, 11) is 3.32. The Morgan fingerprint density at radius 2 is 1.57 bits per heavy atom. The lowest BCUT2D eigenvalue weighted by Crippen LogP contribution is -2.45. The second-order valence-corrected chi connectivity index (χ2v) is 12.0. The van der Waals surface area contributed by atoms with Crippen molar-refractivity contribution in [2.24, 2.45) is 5.92 Å². The number of fused-ring (bicyclic) bond motifs is 1. The molecule has 10 nitrogen and oxygen atoms in total. The first-order valence-corrected chi connectivity index (χ1v) is 15.8. The van der Waals surface area contributed by atoms with Gasteiger partial charge in [0.1, 0.15) is 0 Å². The van der Waals surface area contributed by atoms with Crippen LogP contribution in [0.15, 0.2) is 60.7 Å². The third kappa shape index (κ3) is 8.24. The monoisotopic (exact) mass is 632 g/mol. The lowest BCUT2D eigenvalue weighted by Gasteiger charge is -2.43. The quantitative estimate of drug-likeness (QED) is 0.241. The summed E-state index contributed by atoms with van der Waals surface area (Å²) < 4.78 is 24.4. The summed E-state index contributed by atoms with van der Waals surface area (Å²) >= 11 is 0. The van der Waals surface area contributed by atoms with Gasteiger partial charge in [0, 0.05) is 50.5 Å². The van der Waals surface area contributed by atoms with E-state index in [4.69, 9.17) is 24.1 Å². The van der Waals surface area contributed by atoms with E-state index in [1.165, 1.54) is 11.1 Å². The lowest BCUT2D eigenvalue weighted by molar-refractivity contribution is -0.276. The number of nitrogens with zero attached hydrogens (tertiary/aromatic N) is 1. The minimum Gasteiger partial charge on any atom is -0.493 e. The fraction of sp³-hybridized carbons (Fsp3) is 0.444. The van der Waals surface area contributed by atoms with E-state index < -0.39 is 12.3 Å². The standard InChI is InChI=1S/C36H44N2O8/c1-23-32(21-38-16-15-28-17-30(43-2)31(44-3)18-29(28)20-38)45-36(46-35(23)26-11-9-25(22-39)10-12-26)27-13-7-24(8-14-27)19-37-33(40)5-4-6-34(41)42/h7-14,17-18,23,32,35-36,39H,4-6,15-16,19-22H2,1-3H3,(H,37,40)(H,41,42)/t23-,32+,35+,36+/m1/s1. The van der Waals surface area contributed by atoms with E-state index in [-0.39, 0.29) is 43.5 Å². The van der Waals surface area contributed by atoms with Crippen LogP contribution in [0.3, 0.4) is 0 Å². The number of aliphatic hydroxyl groups is 1. The van der Waals surface area contributed by atoms with Crippen molar-refractivity contribution in [2.75, 3.05) is 27.3 Å². The minimum absolute atomic E-state index is 0.0159. The molecule has 10 heteroatoms. The molecule has 0 radical (unpaired) electrons. The maximum atomic E-state index is 12.1. The molecular formula is C36H44N2O8. The molecule has 0 spiro atoms. The van der Waals surface area contributed by atoms with Crippen LogP contribution in [0.2, 0.25) is 0 Å². The first-order valence-electron chi connectivity index (χ1n) is 15.8. The van der Waals surface area contributed by atoms with Crippen LogP contribution in [0.5, 0.6) is 11.5 Å². The van der Waals surface area contributed by atoms with E-state index in [1.807, 2.05) is 48.5 Å². The Kier molecular flexibility index (Phi) is 11.3. The number of methoxy groups -OCH3 is 2. The highest BCUT2D eigenvalue weighted by atomic mass is 16.7. The average molecular weight is 633 g/mol. The van der Waals surface area contributed by atoms with E-state index in [1.54, 1.807) is 14.2 Å². The van der Waals surface area contributed by atoms with E-state index in [0.717, 1.165) is 59.8 Å². The van der Waals surface area contributed by atoms with Gasteiger partial charge in [0.25, 0.3) is 0 Å². The van der Waals surface area contributed by atoms with Gasteiger partial charge in [0.15, 0.2) is 17.8 Å². The number of hydrogen-bond donors (Lipinski definition) is 3. The number of carboxylic acids is 1. The van der Waals surface area contributed by atoms with Gasteiger partial charge in [-0.1, -0.05) is 55.5 Å². The molecule has 46 heavy (non-hydrogen) atoms. The van der Waals surface area contributed by atoms with E-state index >= 15 is 0 Å². The van der Waals surface area contributed by atoms with Crippen molar-refractivity contribution in [3.8, 4) is 11.5 Å². The SMILES string of the molecule is COc1cc2c(cc1OC)CN(C[C@@H]1O[C@H](c3ccc(CNC(=O)CCCC(=O)O)cc3)O[C@H](c3ccc(CO)cc3)[C@@H]1C)CC2. The van der Waals surface area contributed by atoms with Gasteiger partial charge in [-0.15, -0.1) is 0 Å². The third-order valence-electron chi connectivity index (χ3n) is 8.89. The number of hydrogen-bond acceptors (Lipinski definition) is 8. The fourth-order valence-electron chi connectivity index (χ4n) is 6.16. The molecule has 2 aliphatic rings. The number of nitrogens with one attached hydrogen (secondary N) is 1. The number of carbonyl (C=O) groups excluding carboxylic acids is 1. The van der Waals surface area contributed by atoms with Gasteiger partial charge in [-0.3, -0.25) is 14.5 Å². The molecule has 3 aromatic carbocycles. The van der Waals surface area contributed by atoms with Crippen molar-refractivity contribution in [3.05, 3.63) is 94.0 Å². The number of carbonyl (C=O) groups is 2. The molecule has 4 atom stereocenters. The smallest absolute Gasteiger partial charge is 0.303 e. The third-order valence-corrected chi connectivity index (χ3v) is 8.89. The molecular weight excluding hydrogens is 588 g/mol. The van der Waals surface area contributed by atoms with Crippen LogP contribution >= 0.6 is 0 Å². The average Bonchev–Trinajstić information content (AvgIpc) is 3.07. The largest absolute Gasteiger partial charge is 0.493 e. The van der Waals surface area contributed by atoms with Crippen molar-refractivity contribution in [1.29, 1.82) is 0 Å². The van der Waals surface area contributed by atoms with Crippen LogP contribution in [0.25, 0.3) is 0 Å². The van der Waals surface area contributed by atoms with Gasteiger partial charge in [-0.2, -0.15) is 0 Å². The molecule has 5 rings (SSSR count). The molecule has 1 fully saturated rings. The Labute approximate surface area is 270 Å². The van der Waals surface area contributed by atoms with Gasteiger partial charge >= 0.3 is 5.97 Å². The van der Waals surface area contributed by atoms with Crippen molar-refractivity contribution >= 4 is 11.9 Å². The summed E-state index contributed by atoms with van der Waals surface area (Å²) in [4.78, 5) is 25.2. The Hall–Kier alpha value is -3.96. The Balaban J connectivity index is 1.30. The highest BCUT2D eigenvalue weighted by Gasteiger charge is 2.39. The van der Waals surface area contributed by atoms with Crippen LogP contribution in [-0.2, 0) is 45.2 Å². The summed E-state index contributed by atoms with van der Waals surface area (Å²) in [5, 5.41) is 21.2. The van der Waals surface area contributed by atoms with Crippen molar-refractivity contribution in [3.63, 3.8) is 0 Å². The zero-order valence-corrected chi connectivity index (χ0v) is 26.7. The van der Waals surface area contributed by atoms with Crippen LogP contribution < -0.4 is 14.8 Å². The Morgan fingerprint density at radius 3 is 2.22 bits per heavy atom. The summed E-state index contributed by atoms with van der Waals surface area (Å²) in [6.45, 7) is 4.90. The lowest BCUT2D eigenvalue weighted by atomic mass is 9.89.